The van der Waals surface area contributed by atoms with Gasteiger partial charge in [0.25, 0.3) is 0 Å². The molecule has 0 radical (unpaired) electrons. The molecule has 128 valence electrons. The van der Waals surface area contributed by atoms with Gasteiger partial charge in [-0.25, -0.2) is 8.78 Å². The minimum atomic E-state index is -4.51. The maximum absolute atomic E-state index is 14.2. The van der Waals surface area contributed by atoms with Crippen LogP contribution in [0, 0.1) is 11.6 Å². The van der Waals surface area contributed by atoms with Gasteiger partial charge in [-0.05, 0) is 42.2 Å². The number of allylic oxidation sites excluding steroid dienone is 1. The third-order valence-electron chi connectivity index (χ3n) is 3.62. The summed E-state index contributed by atoms with van der Waals surface area (Å²) in [5.74, 6) is -1.30. The van der Waals surface area contributed by atoms with E-state index in [1.165, 1.54) is 18.2 Å². The molecule has 0 nitrogen and oxygen atoms in total. The molecule has 0 bridgehead atoms. The Bertz CT molecular complexity index is 729. The van der Waals surface area contributed by atoms with Crippen molar-refractivity contribution in [2.24, 2.45) is 0 Å². The molecule has 0 N–H and O–H groups in total. The zero-order valence-corrected chi connectivity index (χ0v) is 13.1. The molecule has 0 saturated heterocycles. The molecule has 2 aromatic carbocycles. The Labute approximate surface area is 137 Å². The van der Waals surface area contributed by atoms with Gasteiger partial charge in [0.05, 0.1) is 0 Å². The SMILES string of the molecule is CCCCc1ccc(-c2ccc(C=CC(F)(F)F)c(F)c2)c(F)c1. The van der Waals surface area contributed by atoms with Crippen LogP contribution in [0.15, 0.2) is 42.5 Å². The second-order valence-corrected chi connectivity index (χ2v) is 5.53. The van der Waals surface area contributed by atoms with Crippen molar-refractivity contribution in [2.75, 3.05) is 0 Å². The zero-order valence-electron chi connectivity index (χ0n) is 13.1. The second-order valence-electron chi connectivity index (χ2n) is 5.53. The van der Waals surface area contributed by atoms with Crippen LogP contribution in [0.25, 0.3) is 17.2 Å². The predicted molar refractivity (Wildman–Crippen MR) is 85.5 cm³/mol. The van der Waals surface area contributed by atoms with Gasteiger partial charge in [-0.1, -0.05) is 37.6 Å². The van der Waals surface area contributed by atoms with Crippen molar-refractivity contribution in [1.29, 1.82) is 0 Å². The van der Waals surface area contributed by atoms with Crippen molar-refractivity contribution >= 4 is 6.08 Å². The van der Waals surface area contributed by atoms with Gasteiger partial charge >= 0.3 is 6.18 Å². The zero-order chi connectivity index (χ0) is 17.7. The average molecular weight is 340 g/mol. The summed E-state index contributed by atoms with van der Waals surface area (Å²) in [5, 5.41) is 0. The van der Waals surface area contributed by atoms with Crippen molar-refractivity contribution < 1.29 is 22.0 Å². The van der Waals surface area contributed by atoms with Gasteiger partial charge in [-0.3, -0.25) is 0 Å². The summed E-state index contributed by atoms with van der Waals surface area (Å²) >= 11 is 0. The van der Waals surface area contributed by atoms with Gasteiger partial charge in [-0.2, -0.15) is 13.2 Å². The number of unbranched alkanes of at least 4 members (excludes halogenated alkanes) is 1. The number of benzene rings is 2. The predicted octanol–water partition coefficient (Wildman–Crippen LogP) is 6.55. The minimum Gasteiger partial charge on any atom is -0.206 e. The van der Waals surface area contributed by atoms with Gasteiger partial charge in [0.15, 0.2) is 0 Å². The summed E-state index contributed by atoms with van der Waals surface area (Å²) < 4.78 is 64.6. The lowest BCUT2D eigenvalue weighted by Crippen LogP contribution is -2.00. The first-order chi connectivity index (χ1) is 11.3. The summed E-state index contributed by atoms with van der Waals surface area (Å²) in [6.45, 7) is 2.04. The fourth-order valence-corrected chi connectivity index (χ4v) is 2.34. The molecule has 0 spiro atoms. The Hall–Kier alpha value is -2.17. The molecule has 0 aliphatic carbocycles. The van der Waals surface area contributed by atoms with Crippen molar-refractivity contribution in [1.82, 2.24) is 0 Å². The first kappa shape index (κ1) is 18.2. The minimum absolute atomic E-state index is 0.0335. The van der Waals surface area contributed by atoms with E-state index in [9.17, 15) is 22.0 Å². The molecular formula is C19H17F5. The Morgan fingerprint density at radius 3 is 2.29 bits per heavy atom. The van der Waals surface area contributed by atoms with E-state index in [4.69, 9.17) is 0 Å². The molecule has 2 aromatic rings. The molecule has 0 saturated carbocycles. The average Bonchev–Trinajstić information content (AvgIpc) is 2.51. The molecule has 0 aromatic heterocycles. The van der Waals surface area contributed by atoms with E-state index in [2.05, 4.69) is 0 Å². The number of hydrogen-bond donors (Lipinski definition) is 0. The second kappa shape index (κ2) is 7.60. The molecule has 0 amide bonds. The summed E-state index contributed by atoms with van der Waals surface area (Å²) in [6.07, 6.45) is -1.17. The van der Waals surface area contributed by atoms with Crippen LogP contribution < -0.4 is 0 Å². The van der Waals surface area contributed by atoms with E-state index < -0.39 is 17.8 Å². The molecule has 0 heterocycles. The first-order valence-corrected chi connectivity index (χ1v) is 7.64. The van der Waals surface area contributed by atoms with E-state index in [1.807, 2.05) is 6.92 Å². The van der Waals surface area contributed by atoms with Gasteiger partial charge in [0.1, 0.15) is 11.6 Å². The first-order valence-electron chi connectivity index (χ1n) is 7.64. The largest absolute Gasteiger partial charge is 0.409 e. The van der Waals surface area contributed by atoms with Gasteiger partial charge < -0.3 is 0 Å². The highest BCUT2D eigenvalue weighted by atomic mass is 19.4. The highest BCUT2D eigenvalue weighted by Gasteiger charge is 2.22. The normalized spacial score (nSPS) is 12.1. The van der Waals surface area contributed by atoms with E-state index in [0.717, 1.165) is 30.9 Å². The fourth-order valence-electron chi connectivity index (χ4n) is 2.34. The summed E-state index contributed by atoms with van der Waals surface area (Å²) in [7, 11) is 0. The Balaban J connectivity index is 2.27. The Morgan fingerprint density at radius 2 is 1.71 bits per heavy atom. The van der Waals surface area contributed by atoms with Crippen LogP contribution in [-0.2, 0) is 6.42 Å². The van der Waals surface area contributed by atoms with Gasteiger partial charge in [-0.15, -0.1) is 0 Å². The fraction of sp³-hybridized carbons (Fsp3) is 0.263. The van der Waals surface area contributed by atoms with Crippen molar-refractivity contribution in [3.8, 4) is 11.1 Å². The molecule has 0 unspecified atom stereocenters. The molecular weight excluding hydrogens is 323 g/mol. The third-order valence-corrected chi connectivity index (χ3v) is 3.62. The van der Waals surface area contributed by atoms with Gasteiger partial charge in [0.2, 0.25) is 0 Å². The Kier molecular flexibility index (Phi) is 5.75. The topological polar surface area (TPSA) is 0 Å². The monoisotopic (exact) mass is 340 g/mol. The lowest BCUT2D eigenvalue weighted by Gasteiger charge is -2.08. The van der Waals surface area contributed by atoms with E-state index in [-0.39, 0.29) is 22.8 Å². The Morgan fingerprint density at radius 1 is 0.958 bits per heavy atom. The molecule has 0 aliphatic rings. The van der Waals surface area contributed by atoms with Crippen molar-refractivity contribution in [3.63, 3.8) is 0 Å². The molecule has 2 rings (SSSR count). The maximum atomic E-state index is 14.2. The lowest BCUT2D eigenvalue weighted by molar-refractivity contribution is -0.0790. The molecule has 0 aliphatic heterocycles. The third kappa shape index (κ3) is 4.91. The van der Waals surface area contributed by atoms with Crippen LogP contribution in [0.4, 0.5) is 22.0 Å². The van der Waals surface area contributed by atoms with Crippen molar-refractivity contribution in [3.05, 3.63) is 65.2 Å². The lowest BCUT2D eigenvalue weighted by atomic mass is 9.99. The van der Waals surface area contributed by atoms with E-state index >= 15 is 0 Å². The highest BCUT2D eigenvalue weighted by molar-refractivity contribution is 5.67. The van der Waals surface area contributed by atoms with E-state index in [1.54, 1.807) is 12.1 Å². The molecule has 24 heavy (non-hydrogen) atoms. The molecule has 5 heteroatoms. The van der Waals surface area contributed by atoms with Crippen LogP contribution in [0.1, 0.15) is 30.9 Å². The summed E-state index contributed by atoms with van der Waals surface area (Å²) in [6, 6.07) is 8.42. The number of hydrogen-bond acceptors (Lipinski definition) is 0. The maximum Gasteiger partial charge on any atom is 0.409 e. The molecule has 0 atom stereocenters. The number of aryl methyl sites for hydroxylation is 1. The van der Waals surface area contributed by atoms with Crippen LogP contribution in [0.5, 0.6) is 0 Å². The molecule has 0 fully saturated rings. The van der Waals surface area contributed by atoms with Crippen LogP contribution in [0.3, 0.4) is 0 Å². The summed E-state index contributed by atoms with van der Waals surface area (Å²) in [5.41, 5.74) is 1.18. The number of halogens is 5. The quantitative estimate of drug-likeness (QED) is 0.541. The summed E-state index contributed by atoms with van der Waals surface area (Å²) in [4.78, 5) is 0. The number of rotatable bonds is 5. The van der Waals surface area contributed by atoms with Crippen LogP contribution in [-0.4, -0.2) is 6.18 Å². The smallest absolute Gasteiger partial charge is 0.206 e. The van der Waals surface area contributed by atoms with E-state index in [0.29, 0.717) is 6.08 Å². The van der Waals surface area contributed by atoms with Crippen molar-refractivity contribution in [2.45, 2.75) is 32.4 Å². The van der Waals surface area contributed by atoms with Crippen LogP contribution >= 0.6 is 0 Å². The van der Waals surface area contributed by atoms with Gasteiger partial charge in [0, 0.05) is 17.2 Å². The standard InChI is InChI=1S/C19H17F5/c1-2-3-4-13-5-8-16(18(21)11-13)15-7-6-14(17(20)12-15)9-10-19(22,23)24/h5-12H,2-4H2,1H3. The highest BCUT2D eigenvalue weighted by Crippen LogP contribution is 2.27. The van der Waals surface area contributed by atoms with Crippen LogP contribution in [0.2, 0.25) is 0 Å². The number of alkyl halides is 3.